The molecule has 1 aromatic carbocycles. The fourth-order valence-corrected chi connectivity index (χ4v) is 2.73. The van der Waals surface area contributed by atoms with Crippen LogP contribution < -0.4 is 0 Å². The van der Waals surface area contributed by atoms with Gasteiger partial charge in [0.05, 0.1) is 12.7 Å². The molecule has 18 heavy (non-hydrogen) atoms. The average molecular weight is 249 g/mol. The standard InChI is InChI=1S/C15H23NO2/c1-12-4-2-5-13(10-12)15(18)7-9-16-8-3-6-14(16)11-17/h2,4-5,10,14-15,17-18H,3,6-9,11H2,1H3. The lowest BCUT2D eigenvalue weighted by Gasteiger charge is -2.24. The third-order valence-electron chi connectivity index (χ3n) is 3.83. The Hall–Kier alpha value is -0.900. The fraction of sp³-hybridized carbons (Fsp3) is 0.600. The van der Waals surface area contributed by atoms with Crippen molar-refractivity contribution in [1.82, 2.24) is 4.90 Å². The number of aliphatic hydroxyl groups is 2. The molecule has 1 saturated heterocycles. The number of rotatable bonds is 5. The van der Waals surface area contributed by atoms with Gasteiger partial charge in [-0.2, -0.15) is 0 Å². The van der Waals surface area contributed by atoms with Gasteiger partial charge in [-0.25, -0.2) is 0 Å². The first-order valence-electron chi connectivity index (χ1n) is 6.80. The average Bonchev–Trinajstić information content (AvgIpc) is 2.83. The first kappa shape index (κ1) is 13.5. The second kappa shape index (κ2) is 6.32. The molecule has 2 unspecified atom stereocenters. The van der Waals surface area contributed by atoms with Crippen LogP contribution >= 0.6 is 0 Å². The summed E-state index contributed by atoms with van der Waals surface area (Å²) in [6, 6.07) is 8.34. The first-order chi connectivity index (χ1) is 8.70. The van der Waals surface area contributed by atoms with Crippen LogP contribution in [0.4, 0.5) is 0 Å². The summed E-state index contributed by atoms with van der Waals surface area (Å²) in [6.45, 7) is 4.19. The van der Waals surface area contributed by atoms with Gasteiger partial charge in [0.15, 0.2) is 0 Å². The largest absolute Gasteiger partial charge is 0.395 e. The Kier molecular flexibility index (Phi) is 4.75. The Morgan fingerprint density at radius 1 is 1.44 bits per heavy atom. The molecule has 1 aliphatic rings. The van der Waals surface area contributed by atoms with Crippen molar-refractivity contribution in [2.75, 3.05) is 19.7 Å². The number of likely N-dealkylation sites (tertiary alicyclic amines) is 1. The van der Waals surface area contributed by atoms with E-state index in [1.807, 2.05) is 31.2 Å². The van der Waals surface area contributed by atoms with E-state index in [2.05, 4.69) is 4.90 Å². The van der Waals surface area contributed by atoms with Gasteiger partial charge in [-0.15, -0.1) is 0 Å². The van der Waals surface area contributed by atoms with Crippen LogP contribution in [0.2, 0.25) is 0 Å². The predicted octanol–water partition coefficient (Wildman–Crippen LogP) is 1.88. The van der Waals surface area contributed by atoms with Gasteiger partial charge >= 0.3 is 0 Å². The van der Waals surface area contributed by atoms with Crippen molar-refractivity contribution in [3.63, 3.8) is 0 Å². The van der Waals surface area contributed by atoms with Crippen LogP contribution in [0, 0.1) is 6.92 Å². The van der Waals surface area contributed by atoms with Gasteiger partial charge in [0.2, 0.25) is 0 Å². The van der Waals surface area contributed by atoms with Gasteiger partial charge in [0.1, 0.15) is 0 Å². The van der Waals surface area contributed by atoms with Crippen molar-refractivity contribution in [2.24, 2.45) is 0 Å². The molecule has 3 heteroatoms. The highest BCUT2D eigenvalue weighted by molar-refractivity contribution is 5.23. The fourth-order valence-electron chi connectivity index (χ4n) is 2.73. The zero-order valence-corrected chi connectivity index (χ0v) is 11.0. The molecule has 100 valence electrons. The molecule has 2 rings (SSSR count). The molecule has 1 aliphatic heterocycles. The van der Waals surface area contributed by atoms with Crippen molar-refractivity contribution in [3.05, 3.63) is 35.4 Å². The molecule has 0 aromatic heterocycles. The van der Waals surface area contributed by atoms with Crippen LogP contribution in [0.3, 0.4) is 0 Å². The lowest BCUT2D eigenvalue weighted by atomic mass is 10.0. The number of nitrogens with zero attached hydrogens (tertiary/aromatic N) is 1. The van der Waals surface area contributed by atoms with Crippen LogP contribution in [0.15, 0.2) is 24.3 Å². The summed E-state index contributed by atoms with van der Waals surface area (Å²) in [5, 5.41) is 19.4. The van der Waals surface area contributed by atoms with Gasteiger partial charge in [-0.3, -0.25) is 4.90 Å². The molecule has 1 aromatic rings. The maximum absolute atomic E-state index is 10.2. The molecule has 0 amide bonds. The first-order valence-corrected chi connectivity index (χ1v) is 6.80. The van der Waals surface area contributed by atoms with Gasteiger partial charge in [-0.05, 0) is 38.3 Å². The molecule has 3 nitrogen and oxygen atoms in total. The lowest BCUT2D eigenvalue weighted by molar-refractivity contribution is 0.117. The minimum atomic E-state index is -0.398. The number of hydrogen-bond acceptors (Lipinski definition) is 3. The molecule has 0 bridgehead atoms. The zero-order valence-electron chi connectivity index (χ0n) is 11.0. The Morgan fingerprint density at radius 3 is 3.00 bits per heavy atom. The summed E-state index contributed by atoms with van der Waals surface area (Å²) in [7, 11) is 0. The van der Waals surface area contributed by atoms with E-state index >= 15 is 0 Å². The highest BCUT2D eigenvalue weighted by Gasteiger charge is 2.23. The highest BCUT2D eigenvalue weighted by Crippen LogP contribution is 2.22. The smallest absolute Gasteiger partial charge is 0.0802 e. The maximum atomic E-state index is 10.2. The van der Waals surface area contributed by atoms with E-state index < -0.39 is 6.10 Å². The van der Waals surface area contributed by atoms with E-state index in [-0.39, 0.29) is 6.61 Å². The molecular weight excluding hydrogens is 226 g/mol. The second-order valence-corrected chi connectivity index (χ2v) is 5.23. The molecule has 1 heterocycles. The molecular formula is C15H23NO2. The van der Waals surface area contributed by atoms with Crippen LogP contribution in [-0.4, -0.2) is 40.9 Å². The van der Waals surface area contributed by atoms with E-state index in [1.165, 1.54) is 5.56 Å². The number of aryl methyl sites for hydroxylation is 1. The molecule has 0 saturated carbocycles. The van der Waals surface area contributed by atoms with E-state index in [9.17, 15) is 10.2 Å². The topological polar surface area (TPSA) is 43.7 Å². The van der Waals surface area contributed by atoms with E-state index in [0.717, 1.165) is 37.9 Å². The van der Waals surface area contributed by atoms with Crippen LogP contribution in [0.1, 0.15) is 36.5 Å². The van der Waals surface area contributed by atoms with Crippen molar-refractivity contribution in [3.8, 4) is 0 Å². The van der Waals surface area contributed by atoms with Gasteiger partial charge in [0.25, 0.3) is 0 Å². The minimum Gasteiger partial charge on any atom is -0.395 e. The molecule has 2 N–H and O–H groups in total. The molecule has 2 atom stereocenters. The number of aliphatic hydroxyl groups excluding tert-OH is 2. The molecule has 0 aliphatic carbocycles. The van der Waals surface area contributed by atoms with Crippen molar-refractivity contribution < 1.29 is 10.2 Å². The number of benzene rings is 1. The molecule has 1 fully saturated rings. The lowest BCUT2D eigenvalue weighted by Crippen LogP contribution is -2.33. The Labute approximate surface area is 109 Å². The van der Waals surface area contributed by atoms with Crippen LogP contribution in [-0.2, 0) is 0 Å². The van der Waals surface area contributed by atoms with Crippen LogP contribution in [0.5, 0.6) is 0 Å². The van der Waals surface area contributed by atoms with E-state index in [0.29, 0.717) is 6.04 Å². The quantitative estimate of drug-likeness (QED) is 0.837. The van der Waals surface area contributed by atoms with Gasteiger partial charge in [0, 0.05) is 12.6 Å². The zero-order chi connectivity index (χ0) is 13.0. The molecule has 0 spiro atoms. The second-order valence-electron chi connectivity index (χ2n) is 5.23. The normalized spacial score (nSPS) is 22.3. The maximum Gasteiger partial charge on any atom is 0.0802 e. The summed E-state index contributed by atoms with van der Waals surface area (Å²) in [5.41, 5.74) is 2.18. The van der Waals surface area contributed by atoms with Crippen LogP contribution in [0.25, 0.3) is 0 Å². The van der Waals surface area contributed by atoms with Gasteiger partial charge in [-0.1, -0.05) is 29.8 Å². The summed E-state index contributed by atoms with van der Waals surface area (Å²) < 4.78 is 0. The summed E-state index contributed by atoms with van der Waals surface area (Å²) >= 11 is 0. The van der Waals surface area contributed by atoms with Crippen molar-refractivity contribution >= 4 is 0 Å². The minimum absolute atomic E-state index is 0.237. The van der Waals surface area contributed by atoms with E-state index in [1.54, 1.807) is 0 Å². The third-order valence-corrected chi connectivity index (χ3v) is 3.83. The van der Waals surface area contributed by atoms with Gasteiger partial charge < -0.3 is 10.2 Å². The number of hydrogen-bond donors (Lipinski definition) is 2. The summed E-state index contributed by atoms with van der Waals surface area (Å²) in [5.74, 6) is 0. The third kappa shape index (κ3) is 3.31. The summed E-state index contributed by atoms with van der Waals surface area (Å²) in [6.07, 6.45) is 2.58. The summed E-state index contributed by atoms with van der Waals surface area (Å²) in [4.78, 5) is 2.29. The Balaban J connectivity index is 1.86. The monoisotopic (exact) mass is 249 g/mol. The van der Waals surface area contributed by atoms with E-state index in [4.69, 9.17) is 0 Å². The SMILES string of the molecule is Cc1cccc(C(O)CCN2CCCC2CO)c1. The Morgan fingerprint density at radius 2 is 2.28 bits per heavy atom. The predicted molar refractivity (Wildman–Crippen MR) is 72.4 cm³/mol. The Bertz CT molecular complexity index is 381. The molecule has 0 radical (unpaired) electrons. The van der Waals surface area contributed by atoms with Crippen molar-refractivity contribution in [2.45, 2.75) is 38.3 Å². The highest BCUT2D eigenvalue weighted by atomic mass is 16.3. The van der Waals surface area contributed by atoms with Crippen molar-refractivity contribution in [1.29, 1.82) is 0 Å².